The summed E-state index contributed by atoms with van der Waals surface area (Å²) >= 11 is 0. The van der Waals surface area contributed by atoms with Crippen LogP contribution in [0.2, 0.25) is 0 Å². The van der Waals surface area contributed by atoms with Gasteiger partial charge in [0.25, 0.3) is 0 Å². The van der Waals surface area contributed by atoms with Gasteiger partial charge < -0.3 is 10.1 Å². The number of morpholine rings is 1. The van der Waals surface area contributed by atoms with Crippen LogP contribution in [0.15, 0.2) is 24.3 Å². The van der Waals surface area contributed by atoms with Gasteiger partial charge in [0.15, 0.2) is 0 Å². The zero-order valence-corrected chi connectivity index (χ0v) is 15.4. The van der Waals surface area contributed by atoms with Crippen molar-refractivity contribution in [1.29, 1.82) is 0 Å². The minimum absolute atomic E-state index is 0.0270. The molecule has 0 saturated carbocycles. The van der Waals surface area contributed by atoms with Gasteiger partial charge in [0.2, 0.25) is 5.91 Å². The molecule has 0 aromatic heterocycles. The van der Waals surface area contributed by atoms with E-state index in [4.69, 9.17) is 4.74 Å². The summed E-state index contributed by atoms with van der Waals surface area (Å²) in [5, 5.41) is 3.09. The molecule has 5 heteroatoms. The summed E-state index contributed by atoms with van der Waals surface area (Å²) in [4.78, 5) is 17.1. The number of hydrogen-bond acceptors (Lipinski definition) is 4. The molecule has 2 aliphatic rings. The van der Waals surface area contributed by atoms with Crippen LogP contribution >= 0.6 is 0 Å². The fourth-order valence-electron chi connectivity index (χ4n) is 3.59. The molecule has 1 amide bonds. The van der Waals surface area contributed by atoms with Crippen LogP contribution in [0.4, 0.5) is 0 Å². The third-order valence-electron chi connectivity index (χ3n) is 5.32. The topological polar surface area (TPSA) is 44.8 Å². The Morgan fingerprint density at radius 1 is 1.04 bits per heavy atom. The third-order valence-corrected chi connectivity index (χ3v) is 5.32. The first-order valence-electron chi connectivity index (χ1n) is 9.62. The van der Waals surface area contributed by atoms with Crippen LogP contribution in [0.3, 0.4) is 0 Å². The second-order valence-corrected chi connectivity index (χ2v) is 7.20. The van der Waals surface area contributed by atoms with E-state index in [-0.39, 0.29) is 11.9 Å². The molecule has 0 aliphatic carbocycles. The maximum Gasteiger partial charge on any atom is 0.237 e. The van der Waals surface area contributed by atoms with Crippen molar-refractivity contribution in [2.75, 3.05) is 39.4 Å². The molecule has 2 heterocycles. The monoisotopic (exact) mass is 345 g/mol. The van der Waals surface area contributed by atoms with Crippen molar-refractivity contribution in [2.45, 2.75) is 45.3 Å². The van der Waals surface area contributed by atoms with Gasteiger partial charge in [0.1, 0.15) is 0 Å². The number of carbonyl (C=O) groups excluding carboxylic acids is 1. The molecule has 2 fully saturated rings. The molecule has 2 saturated heterocycles. The lowest BCUT2D eigenvalue weighted by Crippen LogP contribution is -2.46. The molecule has 3 rings (SSSR count). The van der Waals surface area contributed by atoms with Gasteiger partial charge in [-0.2, -0.15) is 0 Å². The van der Waals surface area contributed by atoms with E-state index >= 15 is 0 Å². The minimum atomic E-state index is -0.0270. The highest BCUT2D eigenvalue weighted by Gasteiger charge is 2.22. The summed E-state index contributed by atoms with van der Waals surface area (Å²) in [6.07, 6.45) is 3.71. The van der Waals surface area contributed by atoms with E-state index in [2.05, 4.69) is 39.4 Å². The Morgan fingerprint density at radius 3 is 2.36 bits per heavy atom. The van der Waals surface area contributed by atoms with Crippen molar-refractivity contribution in [3.05, 3.63) is 35.4 Å². The molecule has 25 heavy (non-hydrogen) atoms. The molecule has 5 nitrogen and oxygen atoms in total. The lowest BCUT2D eigenvalue weighted by atomic mass is 10.1. The summed E-state index contributed by atoms with van der Waals surface area (Å²) in [5.41, 5.74) is 2.48. The molecule has 1 atom stereocenters. The molecular weight excluding hydrogens is 314 g/mol. The highest BCUT2D eigenvalue weighted by molar-refractivity contribution is 5.81. The molecule has 2 aliphatic heterocycles. The van der Waals surface area contributed by atoms with Crippen LogP contribution < -0.4 is 5.32 Å². The van der Waals surface area contributed by atoms with Crippen molar-refractivity contribution >= 4 is 5.91 Å². The van der Waals surface area contributed by atoms with Crippen LogP contribution in [-0.4, -0.2) is 61.1 Å². The van der Waals surface area contributed by atoms with Gasteiger partial charge in [0.05, 0.1) is 19.3 Å². The molecular formula is C20H31N3O2. The normalized spacial score (nSPS) is 21.0. The van der Waals surface area contributed by atoms with Gasteiger partial charge >= 0.3 is 0 Å². The Balaban J connectivity index is 1.43. The summed E-state index contributed by atoms with van der Waals surface area (Å²) in [5.74, 6) is 0.138. The maximum absolute atomic E-state index is 12.4. The Morgan fingerprint density at radius 2 is 1.68 bits per heavy atom. The summed E-state index contributed by atoms with van der Waals surface area (Å²) < 4.78 is 5.39. The number of nitrogens with one attached hydrogen (secondary N) is 1. The lowest BCUT2D eigenvalue weighted by molar-refractivity contribution is -0.126. The first kappa shape index (κ1) is 18.4. The van der Waals surface area contributed by atoms with Gasteiger partial charge in [0, 0.05) is 26.2 Å². The van der Waals surface area contributed by atoms with E-state index in [1.54, 1.807) is 0 Å². The lowest BCUT2D eigenvalue weighted by Gasteiger charge is -2.31. The largest absolute Gasteiger partial charge is 0.379 e. The number of hydrogen-bond donors (Lipinski definition) is 1. The van der Waals surface area contributed by atoms with Crippen molar-refractivity contribution in [1.82, 2.24) is 15.1 Å². The van der Waals surface area contributed by atoms with Gasteiger partial charge in [-0.15, -0.1) is 0 Å². The van der Waals surface area contributed by atoms with Crippen LogP contribution in [0.25, 0.3) is 0 Å². The van der Waals surface area contributed by atoms with E-state index in [0.29, 0.717) is 6.54 Å². The fourth-order valence-corrected chi connectivity index (χ4v) is 3.59. The van der Waals surface area contributed by atoms with Crippen molar-refractivity contribution < 1.29 is 9.53 Å². The Kier molecular flexibility index (Phi) is 6.84. The fraction of sp³-hybridized carbons (Fsp3) is 0.650. The zero-order chi connectivity index (χ0) is 17.5. The number of amides is 1. The maximum atomic E-state index is 12.4. The average molecular weight is 345 g/mol. The molecule has 1 aromatic rings. The van der Waals surface area contributed by atoms with E-state index in [1.165, 1.54) is 24.8 Å². The van der Waals surface area contributed by atoms with E-state index in [9.17, 15) is 4.79 Å². The SMILES string of the molecule is C[C@H](C(=O)NCc1ccc(CN2CCOCC2)cc1)N1CCCCC1. The molecule has 0 unspecified atom stereocenters. The summed E-state index contributed by atoms with van der Waals surface area (Å²) in [7, 11) is 0. The van der Waals surface area contributed by atoms with Gasteiger partial charge in [-0.25, -0.2) is 0 Å². The van der Waals surface area contributed by atoms with E-state index < -0.39 is 0 Å². The highest BCUT2D eigenvalue weighted by atomic mass is 16.5. The quantitative estimate of drug-likeness (QED) is 0.857. The number of benzene rings is 1. The van der Waals surface area contributed by atoms with Gasteiger partial charge in [-0.1, -0.05) is 30.7 Å². The second kappa shape index (κ2) is 9.32. The Bertz CT molecular complexity index is 534. The number of nitrogens with zero attached hydrogens (tertiary/aromatic N) is 2. The molecule has 0 spiro atoms. The van der Waals surface area contributed by atoms with Crippen LogP contribution in [0, 0.1) is 0 Å². The minimum Gasteiger partial charge on any atom is -0.379 e. The first-order valence-corrected chi connectivity index (χ1v) is 9.62. The second-order valence-electron chi connectivity index (χ2n) is 7.20. The van der Waals surface area contributed by atoms with Crippen LogP contribution in [0.1, 0.15) is 37.3 Å². The first-order chi connectivity index (χ1) is 12.2. The number of piperidine rings is 1. The van der Waals surface area contributed by atoms with Crippen molar-refractivity contribution in [2.24, 2.45) is 0 Å². The number of rotatable bonds is 6. The van der Waals surface area contributed by atoms with Crippen LogP contribution in [0.5, 0.6) is 0 Å². The van der Waals surface area contributed by atoms with Crippen LogP contribution in [-0.2, 0) is 22.6 Å². The van der Waals surface area contributed by atoms with E-state index in [0.717, 1.165) is 51.5 Å². The standard InChI is InChI=1S/C20H31N3O2/c1-17(23-9-3-2-4-10-23)20(24)21-15-18-5-7-19(8-6-18)16-22-11-13-25-14-12-22/h5-8,17H,2-4,9-16H2,1H3,(H,21,24)/t17-/m1/s1. The van der Waals surface area contributed by atoms with Crippen molar-refractivity contribution in [3.8, 4) is 0 Å². The Hall–Kier alpha value is -1.43. The zero-order valence-electron chi connectivity index (χ0n) is 15.4. The molecule has 1 N–H and O–H groups in total. The van der Waals surface area contributed by atoms with E-state index in [1.807, 2.05) is 6.92 Å². The predicted molar refractivity (Wildman–Crippen MR) is 99.3 cm³/mol. The molecule has 1 aromatic carbocycles. The van der Waals surface area contributed by atoms with Gasteiger partial charge in [-0.3, -0.25) is 14.6 Å². The smallest absolute Gasteiger partial charge is 0.237 e. The summed E-state index contributed by atoms with van der Waals surface area (Å²) in [6, 6.07) is 8.57. The third kappa shape index (κ3) is 5.53. The number of carbonyl (C=O) groups is 1. The average Bonchev–Trinajstić information content (AvgIpc) is 2.68. The van der Waals surface area contributed by atoms with Gasteiger partial charge in [-0.05, 0) is 44.0 Å². The predicted octanol–water partition coefficient (Wildman–Crippen LogP) is 2.01. The van der Waals surface area contributed by atoms with Crippen molar-refractivity contribution in [3.63, 3.8) is 0 Å². The number of likely N-dealkylation sites (tertiary alicyclic amines) is 1. The molecule has 0 radical (unpaired) electrons. The molecule has 138 valence electrons. The summed E-state index contributed by atoms with van der Waals surface area (Å²) in [6.45, 7) is 9.37. The number of ether oxygens (including phenoxy) is 1. The molecule has 0 bridgehead atoms. The Labute approximate surface area is 151 Å². The highest BCUT2D eigenvalue weighted by Crippen LogP contribution is 2.13.